The van der Waals surface area contributed by atoms with E-state index in [0.717, 1.165) is 16.7 Å². The Hall–Kier alpha value is -2.01. The molecule has 0 heterocycles. The van der Waals surface area contributed by atoms with Gasteiger partial charge in [0.15, 0.2) is 0 Å². The smallest absolute Gasteiger partial charge is 0.116 e. The van der Waals surface area contributed by atoms with Crippen LogP contribution in [0.4, 0.5) is 0 Å². The molecule has 1 aliphatic rings. The number of hydrogen-bond acceptors (Lipinski definition) is 2. The van der Waals surface area contributed by atoms with Gasteiger partial charge >= 0.3 is 0 Å². The lowest BCUT2D eigenvalue weighted by atomic mass is 9.72. The van der Waals surface area contributed by atoms with Crippen molar-refractivity contribution in [2.24, 2.45) is 11.3 Å². The van der Waals surface area contributed by atoms with E-state index in [9.17, 15) is 5.11 Å². The quantitative estimate of drug-likeness (QED) is 0.558. The molecule has 0 aliphatic heterocycles. The minimum atomic E-state index is 0.247. The van der Waals surface area contributed by atoms with E-state index in [-0.39, 0.29) is 5.75 Å². The first kappa shape index (κ1) is 21.0. The van der Waals surface area contributed by atoms with Crippen molar-refractivity contribution in [3.8, 4) is 11.8 Å². The van der Waals surface area contributed by atoms with E-state index >= 15 is 0 Å². The predicted octanol–water partition coefficient (Wildman–Crippen LogP) is 7.06. The summed E-state index contributed by atoms with van der Waals surface area (Å²) in [6.45, 7) is 11.1. The van der Waals surface area contributed by atoms with Crippen LogP contribution in [0.2, 0.25) is 0 Å². The van der Waals surface area contributed by atoms with Crippen LogP contribution in [0.5, 0.6) is 5.75 Å². The van der Waals surface area contributed by atoms with Crippen molar-refractivity contribution in [1.29, 1.82) is 5.26 Å². The lowest BCUT2D eigenvalue weighted by Gasteiger charge is -2.33. The van der Waals surface area contributed by atoms with Gasteiger partial charge in [-0.15, -0.1) is 0 Å². The van der Waals surface area contributed by atoms with Crippen molar-refractivity contribution < 1.29 is 5.11 Å². The fourth-order valence-corrected chi connectivity index (χ4v) is 3.27. The van der Waals surface area contributed by atoms with Gasteiger partial charge in [-0.3, -0.25) is 0 Å². The molecule has 0 saturated heterocycles. The first-order valence-electron chi connectivity index (χ1n) is 9.53. The predicted molar refractivity (Wildman–Crippen MR) is 108 cm³/mol. The van der Waals surface area contributed by atoms with E-state index in [4.69, 9.17) is 5.26 Å². The number of aromatic hydroxyl groups is 1. The number of phenolic OH excluding ortho intramolecular Hbond substituents is 1. The second-order valence-electron chi connectivity index (χ2n) is 7.56. The second kappa shape index (κ2) is 10.1. The fourth-order valence-electron chi connectivity index (χ4n) is 3.27. The molecule has 0 aromatic heterocycles. The molecule has 3 rings (SSSR count). The Morgan fingerprint density at radius 2 is 1.48 bits per heavy atom. The van der Waals surface area contributed by atoms with E-state index in [1.807, 2.05) is 19.9 Å². The lowest BCUT2D eigenvalue weighted by Crippen LogP contribution is -2.22. The molecule has 2 nitrogen and oxygen atoms in total. The number of fused-ring (bicyclic) bond motifs is 1. The van der Waals surface area contributed by atoms with E-state index in [2.05, 4.69) is 26.8 Å². The third-order valence-electron chi connectivity index (χ3n) is 4.78. The highest BCUT2D eigenvalue weighted by Crippen LogP contribution is 2.37. The van der Waals surface area contributed by atoms with Gasteiger partial charge in [0.05, 0.1) is 11.6 Å². The Morgan fingerprint density at radius 1 is 0.920 bits per heavy atom. The van der Waals surface area contributed by atoms with Crippen LogP contribution in [0.25, 0.3) is 10.8 Å². The molecule has 2 heteroatoms. The molecule has 1 aliphatic carbocycles. The van der Waals surface area contributed by atoms with Gasteiger partial charge in [-0.2, -0.15) is 5.26 Å². The third-order valence-corrected chi connectivity index (χ3v) is 4.78. The molecular formula is C23H33NO. The van der Waals surface area contributed by atoms with Crippen molar-refractivity contribution in [2.75, 3.05) is 0 Å². The van der Waals surface area contributed by atoms with Gasteiger partial charge in [-0.1, -0.05) is 66.0 Å². The number of rotatable bonds is 0. The average Bonchev–Trinajstić information content (AvgIpc) is 2.63. The summed E-state index contributed by atoms with van der Waals surface area (Å²) in [5, 5.41) is 19.8. The van der Waals surface area contributed by atoms with Gasteiger partial charge in [-0.25, -0.2) is 0 Å². The van der Waals surface area contributed by atoms with E-state index in [0.29, 0.717) is 11.0 Å². The molecule has 0 spiro atoms. The van der Waals surface area contributed by atoms with Gasteiger partial charge < -0.3 is 5.11 Å². The summed E-state index contributed by atoms with van der Waals surface area (Å²) in [5.41, 5.74) is 1.21. The Labute approximate surface area is 153 Å². The zero-order valence-electron chi connectivity index (χ0n) is 16.5. The van der Waals surface area contributed by atoms with E-state index in [1.54, 1.807) is 30.3 Å². The van der Waals surface area contributed by atoms with Crippen molar-refractivity contribution in [3.05, 3.63) is 42.0 Å². The Bertz CT molecular complexity index is 685. The van der Waals surface area contributed by atoms with Crippen molar-refractivity contribution >= 4 is 10.8 Å². The highest BCUT2D eigenvalue weighted by atomic mass is 16.3. The van der Waals surface area contributed by atoms with Gasteiger partial charge in [0.2, 0.25) is 0 Å². The topological polar surface area (TPSA) is 44.0 Å². The molecule has 136 valence electrons. The second-order valence-corrected chi connectivity index (χ2v) is 7.56. The Morgan fingerprint density at radius 3 is 2.00 bits per heavy atom. The zero-order chi connectivity index (χ0) is 18.9. The van der Waals surface area contributed by atoms with Crippen LogP contribution in [0.15, 0.2) is 36.4 Å². The largest absolute Gasteiger partial charge is 0.508 e. The number of benzene rings is 2. The molecule has 0 unspecified atom stereocenters. The summed E-state index contributed by atoms with van der Waals surface area (Å²) in [5.74, 6) is 1.25. The molecule has 2 aromatic carbocycles. The van der Waals surface area contributed by atoms with Gasteiger partial charge in [0, 0.05) is 0 Å². The number of hydrogen-bond donors (Lipinski definition) is 1. The number of nitrogens with zero attached hydrogens (tertiary/aromatic N) is 1. The highest BCUT2D eigenvalue weighted by molar-refractivity contribution is 5.84. The average molecular weight is 340 g/mol. The van der Waals surface area contributed by atoms with E-state index < -0.39 is 0 Å². The van der Waals surface area contributed by atoms with Crippen molar-refractivity contribution in [2.45, 2.75) is 66.7 Å². The Kier molecular flexibility index (Phi) is 8.49. The maximum atomic E-state index is 9.19. The first-order chi connectivity index (χ1) is 11.9. The summed E-state index contributed by atoms with van der Waals surface area (Å²) in [4.78, 5) is 0. The standard InChI is InChI=1S/C11H7NO.C10H20.C2H6/c12-7-8-1-2-10-6-11(13)4-3-9(10)5-8;1-10(2,3)9-7-5-4-6-8-9;1-2/h1-6,13H;9H,4-8H2,1-3H3;1-2H3. The molecule has 25 heavy (non-hydrogen) atoms. The van der Waals surface area contributed by atoms with E-state index in [1.165, 1.54) is 32.1 Å². The number of nitriles is 1. The van der Waals surface area contributed by atoms with Crippen LogP contribution < -0.4 is 0 Å². The summed E-state index contributed by atoms with van der Waals surface area (Å²) >= 11 is 0. The summed E-state index contributed by atoms with van der Waals surface area (Å²) in [6, 6.07) is 12.5. The minimum Gasteiger partial charge on any atom is -0.508 e. The molecular weight excluding hydrogens is 306 g/mol. The van der Waals surface area contributed by atoms with Crippen molar-refractivity contribution in [3.63, 3.8) is 0 Å². The summed E-state index contributed by atoms with van der Waals surface area (Å²) in [6.07, 6.45) is 7.38. The molecule has 1 N–H and O–H groups in total. The molecule has 1 fully saturated rings. The van der Waals surface area contributed by atoms with Crippen LogP contribution in [0, 0.1) is 22.7 Å². The Balaban J connectivity index is 0.000000235. The normalized spacial score (nSPS) is 14.6. The lowest BCUT2D eigenvalue weighted by molar-refractivity contribution is 0.180. The monoisotopic (exact) mass is 339 g/mol. The number of phenols is 1. The highest BCUT2D eigenvalue weighted by Gasteiger charge is 2.25. The van der Waals surface area contributed by atoms with Crippen LogP contribution in [0.1, 0.15) is 72.3 Å². The first-order valence-corrected chi connectivity index (χ1v) is 9.53. The maximum Gasteiger partial charge on any atom is 0.116 e. The molecule has 0 amide bonds. The zero-order valence-corrected chi connectivity index (χ0v) is 16.5. The molecule has 2 aromatic rings. The third kappa shape index (κ3) is 6.78. The van der Waals surface area contributed by atoms with Crippen LogP contribution in [-0.4, -0.2) is 5.11 Å². The maximum absolute atomic E-state index is 9.19. The fraction of sp³-hybridized carbons (Fsp3) is 0.522. The molecule has 1 saturated carbocycles. The van der Waals surface area contributed by atoms with Gasteiger partial charge in [0.25, 0.3) is 0 Å². The van der Waals surface area contributed by atoms with Crippen LogP contribution in [-0.2, 0) is 0 Å². The molecule has 0 bridgehead atoms. The minimum absolute atomic E-state index is 0.247. The molecule has 0 radical (unpaired) electrons. The SMILES string of the molecule is CC.CC(C)(C)C1CCCCC1.N#Cc1ccc2cc(O)ccc2c1. The summed E-state index contributed by atoms with van der Waals surface area (Å²) < 4.78 is 0. The van der Waals surface area contributed by atoms with Gasteiger partial charge in [0.1, 0.15) is 5.75 Å². The van der Waals surface area contributed by atoms with Gasteiger partial charge in [-0.05, 0) is 59.2 Å². The molecule has 0 atom stereocenters. The van der Waals surface area contributed by atoms with Crippen LogP contribution >= 0.6 is 0 Å². The van der Waals surface area contributed by atoms with Crippen LogP contribution in [0.3, 0.4) is 0 Å². The van der Waals surface area contributed by atoms with Crippen molar-refractivity contribution in [1.82, 2.24) is 0 Å². The summed E-state index contributed by atoms with van der Waals surface area (Å²) in [7, 11) is 0.